The fourth-order valence-electron chi connectivity index (χ4n) is 0.859. The molecule has 1 saturated heterocycles. The van der Waals surface area contributed by atoms with Gasteiger partial charge in [0, 0.05) is 0 Å². The number of nitrogens with zero attached hydrogens (tertiary/aromatic N) is 1. The van der Waals surface area contributed by atoms with Crippen LogP contribution in [0.3, 0.4) is 0 Å². The Balaban J connectivity index is 3.00. The number of carbonyl (C=O) groups is 1. The molecule has 0 saturated carbocycles. The highest BCUT2D eigenvalue weighted by molar-refractivity contribution is 7.85. The maximum absolute atomic E-state index is 12.0. The molecule has 13 heavy (non-hydrogen) atoms. The quantitative estimate of drug-likeness (QED) is 0.661. The Labute approximate surface area is 72.0 Å². The summed E-state index contributed by atoms with van der Waals surface area (Å²) in [5.74, 6) is 0. The molecule has 1 rings (SSSR count). The first-order valence-electron chi connectivity index (χ1n) is 3.06. The third kappa shape index (κ3) is 1.70. The van der Waals surface area contributed by atoms with Crippen LogP contribution in [0.25, 0.3) is 0 Å². The number of halogens is 2. The molecule has 9 heteroatoms. The minimum Gasteiger partial charge on any atom is -0.464 e. The Morgan fingerprint density at radius 3 is 2.46 bits per heavy atom. The maximum atomic E-state index is 12.0. The van der Waals surface area contributed by atoms with E-state index in [2.05, 4.69) is 4.18 Å². The SMILES string of the molecule is O=C(O)N1[C@@H](C(F)F)COS1(=O)=O. The summed E-state index contributed by atoms with van der Waals surface area (Å²) in [4.78, 5) is 10.3. The topological polar surface area (TPSA) is 83.9 Å². The zero-order valence-corrected chi connectivity index (χ0v) is 6.87. The van der Waals surface area contributed by atoms with Gasteiger partial charge in [0.2, 0.25) is 0 Å². The monoisotopic (exact) mass is 217 g/mol. The summed E-state index contributed by atoms with van der Waals surface area (Å²) in [5.41, 5.74) is 0. The second-order valence-electron chi connectivity index (χ2n) is 2.22. The van der Waals surface area contributed by atoms with Gasteiger partial charge in [-0.2, -0.15) is 12.7 Å². The highest BCUT2D eigenvalue weighted by atomic mass is 32.2. The Kier molecular flexibility index (Phi) is 2.39. The van der Waals surface area contributed by atoms with Crippen molar-refractivity contribution in [2.45, 2.75) is 12.5 Å². The average Bonchev–Trinajstić information content (AvgIpc) is 2.24. The lowest BCUT2D eigenvalue weighted by atomic mass is 10.3. The smallest absolute Gasteiger partial charge is 0.423 e. The van der Waals surface area contributed by atoms with Gasteiger partial charge in [-0.15, -0.1) is 0 Å². The van der Waals surface area contributed by atoms with E-state index in [-0.39, 0.29) is 4.31 Å². The number of rotatable bonds is 1. The lowest BCUT2D eigenvalue weighted by Crippen LogP contribution is -2.42. The molecule has 1 aliphatic heterocycles. The van der Waals surface area contributed by atoms with E-state index in [1.807, 2.05) is 0 Å². The highest BCUT2D eigenvalue weighted by Crippen LogP contribution is 2.23. The van der Waals surface area contributed by atoms with E-state index >= 15 is 0 Å². The van der Waals surface area contributed by atoms with Gasteiger partial charge in [0.15, 0.2) is 0 Å². The summed E-state index contributed by atoms with van der Waals surface area (Å²) in [6, 6.07) is -1.94. The van der Waals surface area contributed by atoms with Gasteiger partial charge in [-0.3, -0.25) is 4.18 Å². The van der Waals surface area contributed by atoms with E-state index in [1.54, 1.807) is 0 Å². The molecule has 0 bridgehead atoms. The molecular weight excluding hydrogens is 212 g/mol. The lowest BCUT2D eigenvalue weighted by molar-refractivity contribution is 0.0609. The van der Waals surface area contributed by atoms with Crippen molar-refractivity contribution in [1.29, 1.82) is 0 Å². The van der Waals surface area contributed by atoms with Crippen LogP contribution >= 0.6 is 0 Å². The summed E-state index contributed by atoms with van der Waals surface area (Å²) in [6.45, 7) is -0.841. The molecule has 6 nitrogen and oxygen atoms in total. The molecule has 0 unspecified atom stereocenters. The molecule has 1 atom stereocenters. The minimum atomic E-state index is -4.53. The van der Waals surface area contributed by atoms with Crippen LogP contribution in [0.4, 0.5) is 13.6 Å². The van der Waals surface area contributed by atoms with Crippen molar-refractivity contribution >= 4 is 16.4 Å². The normalized spacial score (nSPS) is 26.7. The van der Waals surface area contributed by atoms with E-state index in [4.69, 9.17) is 5.11 Å². The molecular formula is C4H5F2NO5S. The zero-order valence-electron chi connectivity index (χ0n) is 6.05. The minimum absolute atomic E-state index is 0.377. The Morgan fingerprint density at radius 1 is 1.62 bits per heavy atom. The summed E-state index contributed by atoms with van der Waals surface area (Å²) in [7, 11) is -4.53. The predicted octanol–water partition coefficient (Wildman–Crippen LogP) is -0.125. The van der Waals surface area contributed by atoms with Gasteiger partial charge in [-0.05, 0) is 0 Å². The molecule has 1 N–H and O–H groups in total. The maximum Gasteiger partial charge on any atom is 0.423 e. The number of hydrogen-bond donors (Lipinski definition) is 1. The average molecular weight is 217 g/mol. The molecule has 0 aliphatic carbocycles. The third-order valence-electron chi connectivity index (χ3n) is 1.41. The zero-order chi connectivity index (χ0) is 10.2. The second kappa shape index (κ2) is 3.07. The molecule has 0 radical (unpaired) electrons. The number of amides is 1. The van der Waals surface area contributed by atoms with E-state index in [1.165, 1.54) is 0 Å². The molecule has 76 valence electrons. The molecule has 0 spiro atoms. The molecule has 1 aliphatic rings. The van der Waals surface area contributed by atoms with E-state index in [9.17, 15) is 22.0 Å². The molecule has 0 aromatic carbocycles. The van der Waals surface area contributed by atoms with Crippen LogP contribution in [-0.2, 0) is 14.5 Å². The van der Waals surface area contributed by atoms with Crippen LogP contribution in [-0.4, -0.2) is 43.0 Å². The summed E-state index contributed by atoms with van der Waals surface area (Å²) in [6.07, 6.45) is -5.06. The van der Waals surface area contributed by atoms with Crippen LogP contribution in [0.5, 0.6) is 0 Å². The first-order valence-corrected chi connectivity index (χ1v) is 4.42. The van der Waals surface area contributed by atoms with Crippen molar-refractivity contribution in [3.8, 4) is 0 Å². The second-order valence-corrected chi connectivity index (χ2v) is 3.71. The number of hydrogen-bond acceptors (Lipinski definition) is 4. The van der Waals surface area contributed by atoms with Crippen LogP contribution < -0.4 is 0 Å². The van der Waals surface area contributed by atoms with Crippen LogP contribution in [0.1, 0.15) is 0 Å². The summed E-state index contributed by atoms with van der Waals surface area (Å²) < 4.78 is 49.1. The van der Waals surface area contributed by atoms with Crippen molar-refractivity contribution in [2.75, 3.05) is 6.61 Å². The lowest BCUT2D eigenvalue weighted by Gasteiger charge is -2.15. The summed E-state index contributed by atoms with van der Waals surface area (Å²) in [5, 5.41) is 8.30. The first kappa shape index (κ1) is 10.1. The van der Waals surface area contributed by atoms with Crippen molar-refractivity contribution in [3.63, 3.8) is 0 Å². The predicted molar refractivity (Wildman–Crippen MR) is 34.5 cm³/mol. The van der Waals surface area contributed by atoms with Gasteiger partial charge in [0.1, 0.15) is 6.04 Å². The van der Waals surface area contributed by atoms with Gasteiger partial charge >= 0.3 is 16.4 Å². The molecule has 0 aromatic heterocycles. The van der Waals surface area contributed by atoms with Gasteiger partial charge in [-0.25, -0.2) is 13.6 Å². The first-order chi connectivity index (χ1) is 5.86. The molecule has 1 heterocycles. The van der Waals surface area contributed by atoms with E-state index in [0.29, 0.717) is 0 Å². The summed E-state index contributed by atoms with van der Waals surface area (Å²) >= 11 is 0. The fraction of sp³-hybridized carbons (Fsp3) is 0.750. The van der Waals surface area contributed by atoms with E-state index < -0.39 is 35.5 Å². The number of alkyl halides is 2. The van der Waals surface area contributed by atoms with Gasteiger partial charge in [0.25, 0.3) is 6.43 Å². The highest BCUT2D eigenvalue weighted by Gasteiger charge is 2.47. The fourth-order valence-corrected chi connectivity index (χ4v) is 1.96. The van der Waals surface area contributed by atoms with Crippen molar-refractivity contribution in [1.82, 2.24) is 4.31 Å². The molecule has 1 amide bonds. The van der Waals surface area contributed by atoms with Crippen LogP contribution in [0, 0.1) is 0 Å². The van der Waals surface area contributed by atoms with E-state index in [0.717, 1.165) is 0 Å². The molecule has 0 aromatic rings. The van der Waals surface area contributed by atoms with Crippen molar-refractivity contribution in [3.05, 3.63) is 0 Å². The Hall–Kier alpha value is -0.960. The van der Waals surface area contributed by atoms with Gasteiger partial charge in [0.05, 0.1) is 6.61 Å². The van der Waals surface area contributed by atoms with Gasteiger partial charge < -0.3 is 5.11 Å². The van der Waals surface area contributed by atoms with Crippen molar-refractivity contribution in [2.24, 2.45) is 0 Å². The Bertz CT molecular complexity index is 314. The Morgan fingerprint density at radius 2 is 2.15 bits per heavy atom. The third-order valence-corrected chi connectivity index (χ3v) is 2.75. The largest absolute Gasteiger partial charge is 0.464 e. The van der Waals surface area contributed by atoms with Crippen LogP contribution in [0.15, 0.2) is 0 Å². The molecule has 1 fully saturated rings. The number of carboxylic acid groups (broad SMARTS) is 1. The van der Waals surface area contributed by atoms with Crippen LogP contribution in [0.2, 0.25) is 0 Å². The van der Waals surface area contributed by atoms with Crippen molar-refractivity contribution < 1.29 is 31.3 Å². The standard InChI is InChI=1S/C4H5F2NO5S/c5-3(6)2-1-12-13(10,11)7(2)4(8)9/h2-3H,1H2,(H,8,9)/t2-/m1/s1. The van der Waals surface area contributed by atoms with Gasteiger partial charge in [-0.1, -0.05) is 0 Å².